The Labute approximate surface area is 270 Å². The molecule has 45 heavy (non-hydrogen) atoms. The molecule has 2 saturated carbocycles. The molecule has 242 valence electrons. The molecule has 2 aliphatic carbocycles. The van der Waals surface area contributed by atoms with Crippen molar-refractivity contribution < 1.29 is 14.3 Å². The number of rotatable bonds is 10. The van der Waals surface area contributed by atoms with Crippen molar-refractivity contribution in [3.63, 3.8) is 0 Å². The molecule has 0 radical (unpaired) electrons. The third kappa shape index (κ3) is 7.98. The van der Waals surface area contributed by atoms with Gasteiger partial charge in [-0.3, -0.25) is 9.48 Å². The van der Waals surface area contributed by atoms with Crippen molar-refractivity contribution in [3.8, 4) is 5.75 Å². The van der Waals surface area contributed by atoms with E-state index in [0.29, 0.717) is 23.0 Å². The average molecular weight is 637 g/mol. The fourth-order valence-corrected chi connectivity index (χ4v) is 8.18. The number of hydrogen-bond donors (Lipinski definition) is 3. The van der Waals surface area contributed by atoms with Gasteiger partial charge in [0.05, 0.1) is 11.7 Å². The highest BCUT2D eigenvalue weighted by Gasteiger charge is 2.44. The number of halogens is 2. The first-order valence-corrected chi connectivity index (χ1v) is 17.1. The molecule has 10 heteroatoms. The summed E-state index contributed by atoms with van der Waals surface area (Å²) in [4.78, 5) is 20.6. The second-order valence-electron chi connectivity index (χ2n) is 13.5. The van der Waals surface area contributed by atoms with E-state index in [-0.39, 0.29) is 35.2 Å². The summed E-state index contributed by atoms with van der Waals surface area (Å²) in [6.07, 6.45) is 16.1. The zero-order chi connectivity index (χ0) is 31.2. The van der Waals surface area contributed by atoms with Crippen LogP contribution in [0.4, 0.5) is 10.1 Å². The smallest absolute Gasteiger partial charge is 0.240 e. The lowest BCUT2D eigenvalue weighted by molar-refractivity contribution is -0.137. The molecule has 1 aromatic heterocycles. The monoisotopic (exact) mass is 636 g/mol. The Morgan fingerprint density at radius 1 is 1.00 bits per heavy atom. The van der Waals surface area contributed by atoms with Gasteiger partial charge in [-0.15, -0.1) is 0 Å². The summed E-state index contributed by atoms with van der Waals surface area (Å²) in [5.41, 5.74) is 1.79. The molecular weight excluding hydrogens is 591 g/mol. The number of carbonyl (C=O) groups is 1. The van der Waals surface area contributed by atoms with Crippen molar-refractivity contribution >= 4 is 23.2 Å². The lowest BCUT2D eigenvalue weighted by Crippen LogP contribution is -2.55. The van der Waals surface area contributed by atoms with Crippen LogP contribution in [0.15, 0.2) is 55.1 Å². The Morgan fingerprint density at radius 3 is 2.38 bits per heavy atom. The van der Waals surface area contributed by atoms with Crippen molar-refractivity contribution in [2.75, 3.05) is 18.4 Å². The number of aromatic hydroxyl groups is 1. The number of likely N-dealkylation sites (tertiary alicyclic amines) is 1. The van der Waals surface area contributed by atoms with E-state index in [1.165, 1.54) is 38.2 Å². The summed E-state index contributed by atoms with van der Waals surface area (Å²) >= 11 is 6.18. The van der Waals surface area contributed by atoms with Gasteiger partial charge in [0.2, 0.25) is 5.91 Å². The highest BCUT2D eigenvalue weighted by atomic mass is 35.5. The second kappa shape index (κ2) is 14.5. The summed E-state index contributed by atoms with van der Waals surface area (Å²) in [5.74, 6) is 0.320. The molecule has 3 N–H and O–H groups in total. The van der Waals surface area contributed by atoms with E-state index < -0.39 is 5.82 Å². The number of aromatic nitrogens is 3. The number of phenols is 1. The number of piperidine rings is 1. The van der Waals surface area contributed by atoms with E-state index >= 15 is 0 Å². The predicted molar refractivity (Wildman–Crippen MR) is 175 cm³/mol. The van der Waals surface area contributed by atoms with Gasteiger partial charge in [-0.1, -0.05) is 43.0 Å². The summed E-state index contributed by atoms with van der Waals surface area (Å²) in [6, 6.07) is 12.0. The van der Waals surface area contributed by atoms with Crippen LogP contribution in [0.25, 0.3) is 0 Å². The van der Waals surface area contributed by atoms with Gasteiger partial charge in [0, 0.05) is 42.8 Å². The van der Waals surface area contributed by atoms with Gasteiger partial charge in [-0.25, -0.2) is 9.37 Å². The van der Waals surface area contributed by atoms with Gasteiger partial charge in [0.25, 0.3) is 0 Å². The van der Waals surface area contributed by atoms with E-state index in [0.717, 1.165) is 69.8 Å². The lowest BCUT2D eigenvalue weighted by atomic mass is 9.63. The van der Waals surface area contributed by atoms with Gasteiger partial charge in [-0.05, 0) is 98.9 Å². The van der Waals surface area contributed by atoms with Gasteiger partial charge in [0.15, 0.2) is 0 Å². The number of hydrogen-bond acceptors (Lipinski definition) is 6. The predicted octanol–water partition coefficient (Wildman–Crippen LogP) is 6.59. The van der Waals surface area contributed by atoms with Crippen molar-refractivity contribution in [1.82, 2.24) is 25.0 Å². The Balaban J connectivity index is 1.11. The molecule has 8 nitrogen and oxygen atoms in total. The minimum atomic E-state index is -0.453. The molecule has 3 aromatic rings. The van der Waals surface area contributed by atoms with Crippen LogP contribution in [0.1, 0.15) is 76.2 Å². The van der Waals surface area contributed by atoms with Crippen LogP contribution < -0.4 is 10.6 Å². The Hall–Kier alpha value is -3.17. The molecule has 3 fully saturated rings. The molecule has 2 heterocycles. The summed E-state index contributed by atoms with van der Waals surface area (Å²) in [5, 5.41) is 22.4. The quantitative estimate of drug-likeness (QED) is 0.217. The number of amides is 1. The Morgan fingerprint density at radius 2 is 1.71 bits per heavy atom. The maximum absolute atomic E-state index is 14.3. The van der Waals surface area contributed by atoms with E-state index in [1.807, 2.05) is 35.3 Å². The van der Waals surface area contributed by atoms with Crippen LogP contribution in [-0.2, 0) is 17.8 Å². The van der Waals surface area contributed by atoms with E-state index in [9.17, 15) is 14.3 Å². The molecule has 2 aromatic carbocycles. The number of anilines is 1. The minimum Gasteiger partial charge on any atom is -0.506 e. The zero-order valence-electron chi connectivity index (χ0n) is 26.0. The third-order valence-electron chi connectivity index (χ3n) is 10.6. The van der Waals surface area contributed by atoms with Crippen LogP contribution >= 0.6 is 11.6 Å². The topological polar surface area (TPSA) is 95.3 Å². The van der Waals surface area contributed by atoms with Crippen LogP contribution in [0.3, 0.4) is 0 Å². The molecular formula is C35H46ClFN6O2. The van der Waals surface area contributed by atoms with Gasteiger partial charge >= 0.3 is 0 Å². The lowest BCUT2D eigenvalue weighted by Gasteiger charge is -2.48. The molecule has 0 unspecified atom stereocenters. The van der Waals surface area contributed by atoms with E-state index in [1.54, 1.807) is 12.4 Å². The standard InChI is InChI=1S/C35H46ClFN6O2/c36-27-8-6-25(7-9-27)20-32(41-30-13-11-29(12-14-30)40-31-15-10-28(37)21-33(31)44)34(45)42-18-16-35(17-19-42,22-43-24-38-23-39-43)26-4-2-1-3-5-26/h6-10,15,21,23-24,26,29-30,32,40-41,44H,1-5,11-14,16-20,22H2/t29-,30-,32-/m1/s1. The molecule has 1 atom stereocenters. The van der Waals surface area contributed by atoms with Gasteiger partial charge in [0.1, 0.15) is 24.2 Å². The first kappa shape index (κ1) is 31.8. The Bertz CT molecular complexity index is 1380. The first-order valence-electron chi connectivity index (χ1n) is 16.7. The number of benzene rings is 2. The first-order chi connectivity index (χ1) is 21.9. The summed E-state index contributed by atoms with van der Waals surface area (Å²) in [7, 11) is 0. The van der Waals surface area contributed by atoms with Crippen molar-refractivity contribution in [2.24, 2.45) is 11.3 Å². The van der Waals surface area contributed by atoms with Crippen LogP contribution in [0, 0.1) is 17.2 Å². The van der Waals surface area contributed by atoms with Crippen molar-refractivity contribution in [3.05, 3.63) is 71.5 Å². The van der Waals surface area contributed by atoms with E-state index in [4.69, 9.17) is 11.6 Å². The number of nitrogens with one attached hydrogen (secondary N) is 2. The third-order valence-corrected chi connectivity index (χ3v) is 10.9. The molecule has 0 bridgehead atoms. The number of nitrogens with zero attached hydrogens (tertiary/aromatic N) is 4. The van der Waals surface area contributed by atoms with Crippen LogP contribution in [0.2, 0.25) is 5.02 Å². The Kier molecular flexibility index (Phi) is 10.2. The molecule has 1 saturated heterocycles. The molecule has 3 aliphatic rings. The number of phenolic OH excluding ortho intramolecular Hbond substituents is 1. The molecule has 6 rings (SSSR count). The highest BCUT2D eigenvalue weighted by Crippen LogP contribution is 2.47. The average Bonchev–Trinajstić information content (AvgIpc) is 3.57. The zero-order valence-corrected chi connectivity index (χ0v) is 26.8. The van der Waals surface area contributed by atoms with Gasteiger partial charge < -0.3 is 20.6 Å². The maximum atomic E-state index is 14.3. The normalized spacial score (nSPS) is 23.0. The summed E-state index contributed by atoms with van der Waals surface area (Å²) < 4.78 is 15.4. The largest absolute Gasteiger partial charge is 0.506 e. The minimum absolute atomic E-state index is 0.0702. The SMILES string of the molecule is O=C([C@@H](Cc1ccc(Cl)cc1)N[C@H]1CC[C@H](Nc2ccc(F)cc2O)CC1)N1CCC(Cn2cncn2)(C2CCCCC2)CC1. The van der Waals surface area contributed by atoms with Crippen LogP contribution in [-0.4, -0.2) is 61.9 Å². The molecule has 0 spiro atoms. The number of carbonyl (C=O) groups excluding carboxylic acids is 1. The highest BCUT2D eigenvalue weighted by molar-refractivity contribution is 6.30. The second-order valence-corrected chi connectivity index (χ2v) is 14.0. The fraction of sp³-hybridized carbons (Fsp3) is 0.571. The molecule has 1 aliphatic heterocycles. The van der Waals surface area contributed by atoms with Crippen molar-refractivity contribution in [2.45, 2.75) is 102 Å². The van der Waals surface area contributed by atoms with E-state index in [2.05, 4.69) is 25.6 Å². The summed E-state index contributed by atoms with van der Waals surface area (Å²) in [6.45, 7) is 2.40. The van der Waals surface area contributed by atoms with Crippen molar-refractivity contribution in [1.29, 1.82) is 0 Å². The molecule has 1 amide bonds. The fourth-order valence-electron chi connectivity index (χ4n) is 8.05. The van der Waals surface area contributed by atoms with Crippen LogP contribution in [0.5, 0.6) is 5.75 Å². The maximum Gasteiger partial charge on any atom is 0.240 e. The van der Waals surface area contributed by atoms with Gasteiger partial charge in [-0.2, -0.15) is 5.10 Å².